The SMILES string of the molecule is CCC1/C=C/[C@H](O)[C@H](C)OC(=O)[C@@]2(C)C=CC(=O)NC3=C2C(=O)c2c(cc(C)c(O)c2C(=O)CC1)C3=O. The topological polar surface area (TPSA) is 147 Å². The maximum Gasteiger partial charge on any atom is 0.320 e. The Labute approximate surface area is 213 Å². The number of aromatic hydroxyl groups is 1. The van der Waals surface area contributed by atoms with Crippen LogP contribution in [0.4, 0.5) is 0 Å². The van der Waals surface area contributed by atoms with Crippen molar-refractivity contribution in [3.8, 4) is 5.75 Å². The molecule has 2 aliphatic heterocycles. The molecule has 1 amide bonds. The number of aryl methyl sites for hydroxylation is 1. The van der Waals surface area contributed by atoms with Gasteiger partial charge in [0.2, 0.25) is 11.7 Å². The van der Waals surface area contributed by atoms with Gasteiger partial charge in [-0.05, 0) is 51.2 Å². The molecule has 9 nitrogen and oxygen atoms in total. The van der Waals surface area contributed by atoms with Crippen LogP contribution < -0.4 is 5.32 Å². The van der Waals surface area contributed by atoms with Crippen LogP contribution in [0.2, 0.25) is 0 Å². The highest BCUT2D eigenvalue weighted by Crippen LogP contribution is 2.44. The van der Waals surface area contributed by atoms with E-state index < -0.39 is 52.6 Å². The number of aliphatic hydroxyl groups is 1. The van der Waals surface area contributed by atoms with E-state index in [2.05, 4.69) is 5.32 Å². The number of amides is 1. The van der Waals surface area contributed by atoms with Gasteiger partial charge in [-0.1, -0.05) is 25.2 Å². The van der Waals surface area contributed by atoms with Crippen LogP contribution in [0.5, 0.6) is 5.75 Å². The van der Waals surface area contributed by atoms with E-state index in [1.807, 2.05) is 6.92 Å². The van der Waals surface area contributed by atoms with E-state index in [9.17, 15) is 34.2 Å². The molecule has 1 unspecified atom stereocenters. The fraction of sp³-hybridized carbons (Fsp3) is 0.393. The molecule has 3 aliphatic rings. The zero-order valence-electron chi connectivity index (χ0n) is 21.1. The Balaban J connectivity index is 2.02. The van der Waals surface area contributed by atoms with Crippen LogP contribution in [0, 0.1) is 18.3 Å². The summed E-state index contributed by atoms with van der Waals surface area (Å²) in [5.41, 5.74) is -3.17. The lowest BCUT2D eigenvalue weighted by molar-refractivity contribution is -0.158. The minimum Gasteiger partial charge on any atom is -0.507 e. The van der Waals surface area contributed by atoms with E-state index in [1.165, 1.54) is 39.0 Å². The number of carbonyl (C=O) groups is 5. The Bertz CT molecular complexity index is 1330. The van der Waals surface area contributed by atoms with Gasteiger partial charge in [-0.25, -0.2) is 0 Å². The second kappa shape index (κ2) is 9.55. The van der Waals surface area contributed by atoms with Crippen LogP contribution in [0.1, 0.15) is 76.7 Å². The number of hydrogen-bond donors (Lipinski definition) is 3. The summed E-state index contributed by atoms with van der Waals surface area (Å²) in [4.78, 5) is 67.1. The van der Waals surface area contributed by atoms with E-state index in [0.717, 1.165) is 6.08 Å². The highest BCUT2D eigenvalue weighted by atomic mass is 16.6. The molecule has 4 rings (SSSR count). The van der Waals surface area contributed by atoms with Crippen molar-refractivity contribution in [2.45, 2.75) is 59.2 Å². The Morgan fingerprint density at radius 2 is 1.81 bits per heavy atom. The van der Waals surface area contributed by atoms with Gasteiger partial charge < -0.3 is 20.3 Å². The van der Waals surface area contributed by atoms with Gasteiger partial charge in [0.25, 0.3) is 0 Å². The summed E-state index contributed by atoms with van der Waals surface area (Å²) in [6.07, 6.45) is 4.22. The number of esters is 1. The monoisotopic (exact) mass is 507 g/mol. The van der Waals surface area contributed by atoms with Crippen LogP contribution in [0.25, 0.3) is 0 Å². The number of allylic oxidation sites excluding steroid dienone is 2. The molecule has 0 saturated carbocycles. The zero-order valence-corrected chi connectivity index (χ0v) is 21.1. The lowest BCUT2D eigenvalue weighted by Gasteiger charge is -2.32. The van der Waals surface area contributed by atoms with Crippen LogP contribution in [0.3, 0.4) is 0 Å². The molecule has 1 aromatic rings. The molecule has 37 heavy (non-hydrogen) atoms. The Morgan fingerprint density at radius 3 is 2.49 bits per heavy atom. The number of ketones is 3. The number of phenols is 1. The summed E-state index contributed by atoms with van der Waals surface area (Å²) in [6.45, 7) is 6.24. The fourth-order valence-electron chi connectivity index (χ4n) is 4.92. The quantitative estimate of drug-likeness (QED) is 0.388. The summed E-state index contributed by atoms with van der Waals surface area (Å²) in [7, 11) is 0. The number of carbonyl (C=O) groups excluding carboxylic acids is 5. The number of benzene rings is 1. The predicted octanol–water partition coefficient (Wildman–Crippen LogP) is 2.88. The number of Topliss-reactive ketones (excluding diaryl/α,β-unsaturated/α-hetero) is 3. The number of cyclic esters (lactones) is 1. The summed E-state index contributed by atoms with van der Waals surface area (Å²) in [5.74, 6) is -4.35. The summed E-state index contributed by atoms with van der Waals surface area (Å²) >= 11 is 0. The highest BCUT2D eigenvalue weighted by molar-refractivity contribution is 6.32. The lowest BCUT2D eigenvalue weighted by atomic mass is 9.71. The van der Waals surface area contributed by atoms with Crippen molar-refractivity contribution in [1.29, 1.82) is 0 Å². The third-order valence-electron chi connectivity index (χ3n) is 7.33. The fourth-order valence-corrected chi connectivity index (χ4v) is 4.92. The third-order valence-corrected chi connectivity index (χ3v) is 7.33. The number of ether oxygens (including phenoxy) is 1. The molecule has 4 atom stereocenters. The second-order valence-electron chi connectivity index (χ2n) is 9.89. The molecule has 9 heteroatoms. The van der Waals surface area contributed by atoms with Gasteiger partial charge in [0.1, 0.15) is 23.4 Å². The molecule has 194 valence electrons. The smallest absolute Gasteiger partial charge is 0.320 e. The van der Waals surface area contributed by atoms with E-state index >= 15 is 0 Å². The summed E-state index contributed by atoms with van der Waals surface area (Å²) in [5, 5.41) is 23.9. The number of aliphatic hydroxyl groups excluding tert-OH is 1. The molecule has 2 bridgehead atoms. The molecule has 0 spiro atoms. The standard InChI is InChI=1S/C28H29NO8/c1-5-15-6-8-17(30)14(3)37-27(36)28(4)11-10-19(32)29-23-22(28)26(35)20-16(25(23)34)12-13(2)24(33)21(20)18(31)9-7-15/h6,8,10-12,14-15,17,30,33H,5,7,9H2,1-4H3,(H,29,32)/b8-6+/t14-,15?,17-,28-/m0/s1. The predicted molar refractivity (Wildman–Crippen MR) is 132 cm³/mol. The Hall–Kier alpha value is -3.85. The van der Waals surface area contributed by atoms with E-state index in [4.69, 9.17) is 4.74 Å². The summed E-state index contributed by atoms with van der Waals surface area (Å²) < 4.78 is 5.53. The Kier molecular flexibility index (Phi) is 6.77. The van der Waals surface area contributed by atoms with Gasteiger partial charge in [-0.15, -0.1) is 0 Å². The highest BCUT2D eigenvalue weighted by Gasteiger charge is 2.50. The van der Waals surface area contributed by atoms with E-state index in [1.54, 1.807) is 6.08 Å². The van der Waals surface area contributed by atoms with Gasteiger partial charge in [0.05, 0.1) is 11.3 Å². The molecule has 0 fully saturated rings. The first kappa shape index (κ1) is 26.2. The van der Waals surface area contributed by atoms with Crippen LogP contribution in [-0.4, -0.2) is 51.6 Å². The van der Waals surface area contributed by atoms with Crippen molar-refractivity contribution in [2.75, 3.05) is 0 Å². The summed E-state index contributed by atoms with van der Waals surface area (Å²) in [6, 6.07) is 1.30. The third kappa shape index (κ3) is 4.33. The maximum atomic E-state index is 14.1. The van der Waals surface area contributed by atoms with Crippen molar-refractivity contribution < 1.29 is 38.9 Å². The van der Waals surface area contributed by atoms with Gasteiger partial charge in [-0.2, -0.15) is 0 Å². The molecule has 0 radical (unpaired) electrons. The van der Waals surface area contributed by atoms with Gasteiger partial charge in [-0.3, -0.25) is 24.0 Å². The number of rotatable bonds is 1. The zero-order chi connectivity index (χ0) is 27.2. The molecule has 1 aromatic carbocycles. The lowest BCUT2D eigenvalue weighted by Crippen LogP contribution is -2.42. The molecule has 2 heterocycles. The number of hydrogen-bond acceptors (Lipinski definition) is 8. The van der Waals surface area contributed by atoms with Gasteiger partial charge in [0, 0.05) is 29.2 Å². The van der Waals surface area contributed by atoms with Crippen LogP contribution in [0.15, 0.2) is 41.6 Å². The van der Waals surface area contributed by atoms with Crippen molar-refractivity contribution >= 4 is 29.2 Å². The first-order valence-electron chi connectivity index (χ1n) is 12.2. The minimum atomic E-state index is -1.91. The number of phenolic OH excluding ortho intramolecular Hbond substituents is 1. The van der Waals surface area contributed by atoms with Crippen molar-refractivity contribution in [3.63, 3.8) is 0 Å². The molecule has 0 saturated heterocycles. The van der Waals surface area contributed by atoms with Crippen molar-refractivity contribution in [1.82, 2.24) is 5.32 Å². The molecular weight excluding hydrogens is 478 g/mol. The van der Waals surface area contributed by atoms with Gasteiger partial charge >= 0.3 is 5.97 Å². The Morgan fingerprint density at radius 1 is 1.11 bits per heavy atom. The average Bonchev–Trinajstić information content (AvgIpc) is 2.99. The first-order chi connectivity index (χ1) is 17.4. The maximum absolute atomic E-state index is 14.1. The van der Waals surface area contributed by atoms with Gasteiger partial charge in [0.15, 0.2) is 11.6 Å². The molecular formula is C28H29NO8. The van der Waals surface area contributed by atoms with Crippen molar-refractivity contribution in [3.05, 3.63) is 63.9 Å². The normalized spacial score (nSPS) is 29.2. The van der Waals surface area contributed by atoms with Crippen LogP contribution in [-0.2, 0) is 14.3 Å². The molecule has 0 aromatic heterocycles. The first-order valence-corrected chi connectivity index (χ1v) is 12.2. The molecule has 1 aliphatic carbocycles. The minimum absolute atomic E-state index is 0.0331. The van der Waals surface area contributed by atoms with E-state index in [-0.39, 0.29) is 45.9 Å². The molecule has 3 N–H and O–H groups in total. The number of nitrogens with one attached hydrogen (secondary N) is 1. The average molecular weight is 508 g/mol. The second-order valence-corrected chi connectivity index (χ2v) is 9.89. The van der Waals surface area contributed by atoms with Crippen molar-refractivity contribution in [2.24, 2.45) is 11.3 Å². The largest absolute Gasteiger partial charge is 0.507 e. The van der Waals surface area contributed by atoms with E-state index in [0.29, 0.717) is 12.8 Å². The van der Waals surface area contributed by atoms with Crippen LogP contribution >= 0.6 is 0 Å².